The molecule has 6 heteroatoms. The van der Waals surface area contributed by atoms with Crippen LogP contribution in [0.3, 0.4) is 0 Å². The molecule has 0 aliphatic carbocycles. The molecule has 2 nitrogen and oxygen atoms in total. The van der Waals surface area contributed by atoms with E-state index >= 15 is 0 Å². The first-order valence-corrected chi connectivity index (χ1v) is 17.4. The second-order valence-electron chi connectivity index (χ2n) is 10.7. The molecule has 0 aliphatic heterocycles. The fourth-order valence-electron chi connectivity index (χ4n) is 5.71. The number of halogens is 3. The first-order valence-electron chi connectivity index (χ1n) is 14.7. The highest BCUT2D eigenvalue weighted by Gasteiger charge is 2.16. The number of fused-ring (bicyclic) bond motifs is 6. The molecule has 0 atom stereocenters. The van der Waals surface area contributed by atoms with Crippen LogP contribution in [0.2, 0.25) is 0 Å². The molecule has 8 aromatic carbocycles. The maximum absolute atomic E-state index is 9.44. The van der Waals surface area contributed by atoms with E-state index in [2.05, 4.69) is 145 Å². The molecule has 8 aromatic rings. The lowest BCUT2D eigenvalue weighted by Gasteiger charge is -2.11. The minimum absolute atomic E-state index is 0. The highest BCUT2D eigenvalue weighted by Crippen LogP contribution is 2.35. The summed E-state index contributed by atoms with van der Waals surface area (Å²) in [6, 6.07) is 53.8. The lowest BCUT2D eigenvalue weighted by molar-refractivity contribution is 0.426. The van der Waals surface area contributed by atoms with Crippen LogP contribution >= 0.6 is 54.5 Å². The lowest BCUT2D eigenvalue weighted by atomic mass is 9.76. The van der Waals surface area contributed by atoms with Gasteiger partial charge >= 0.3 is 7.12 Å². The van der Waals surface area contributed by atoms with Crippen molar-refractivity contribution in [3.8, 4) is 11.1 Å². The van der Waals surface area contributed by atoms with E-state index in [0.717, 1.165) is 30.5 Å². The fraction of sp³-hybridized carbons (Fsp3) is 0.0244. The predicted octanol–water partition coefficient (Wildman–Crippen LogP) is 11.8. The molecule has 0 unspecified atom stereocenters. The third-order valence-corrected chi connectivity index (χ3v) is 9.43. The quantitative estimate of drug-likeness (QED) is 0.103. The molecule has 0 aromatic heterocycles. The summed E-state index contributed by atoms with van der Waals surface area (Å²) in [5.74, 6) is 0. The highest BCUT2D eigenvalue weighted by molar-refractivity contribution is 14.1. The summed E-state index contributed by atoms with van der Waals surface area (Å²) in [5.41, 5.74) is 3.08. The fourth-order valence-corrected chi connectivity index (χ4v) is 7.48. The van der Waals surface area contributed by atoms with Crippen LogP contribution in [0.15, 0.2) is 167 Å². The number of hydrogen-bond acceptors (Lipinski definition) is 2. The van der Waals surface area contributed by atoms with Crippen LogP contribution in [0.1, 0.15) is 7.43 Å². The SMILES string of the molecule is Brc1cccc(-c2cc3ccccc3c3ccccc23)c1.Brc1cccc(I)c1.C.OB(O)c1cc2ccccc2c2ccccc12. The Morgan fingerprint density at radius 2 is 0.915 bits per heavy atom. The Bertz CT molecular complexity index is 2290. The van der Waals surface area contributed by atoms with E-state index in [0.29, 0.717) is 5.46 Å². The number of hydrogen-bond donors (Lipinski definition) is 2. The van der Waals surface area contributed by atoms with Crippen molar-refractivity contribution >= 4 is 110 Å². The van der Waals surface area contributed by atoms with Crippen molar-refractivity contribution in [2.45, 2.75) is 7.43 Å². The van der Waals surface area contributed by atoms with Gasteiger partial charge in [0.15, 0.2) is 0 Å². The summed E-state index contributed by atoms with van der Waals surface area (Å²) < 4.78 is 3.51. The Hall–Kier alpha value is -3.53. The zero-order valence-electron chi connectivity index (χ0n) is 24.6. The van der Waals surface area contributed by atoms with Gasteiger partial charge < -0.3 is 10.0 Å². The number of benzene rings is 8. The van der Waals surface area contributed by atoms with Crippen molar-refractivity contribution in [1.29, 1.82) is 0 Å². The number of rotatable bonds is 2. The van der Waals surface area contributed by atoms with Crippen LogP contribution in [-0.2, 0) is 0 Å². The molecule has 0 radical (unpaired) electrons. The molecule has 0 heterocycles. The van der Waals surface area contributed by atoms with Crippen molar-refractivity contribution in [1.82, 2.24) is 0 Å². The van der Waals surface area contributed by atoms with Crippen molar-refractivity contribution in [2.75, 3.05) is 0 Å². The summed E-state index contributed by atoms with van der Waals surface area (Å²) in [7, 11) is -1.44. The van der Waals surface area contributed by atoms with Gasteiger partial charge in [0.25, 0.3) is 0 Å². The van der Waals surface area contributed by atoms with Crippen LogP contribution in [-0.4, -0.2) is 17.2 Å². The Kier molecular flexibility index (Phi) is 11.9. The van der Waals surface area contributed by atoms with E-state index in [9.17, 15) is 10.0 Å². The largest absolute Gasteiger partial charge is 0.489 e. The average molecular weight is 854 g/mol. The summed E-state index contributed by atoms with van der Waals surface area (Å²) in [4.78, 5) is 0. The molecular weight excluding hydrogens is 822 g/mol. The predicted molar refractivity (Wildman–Crippen MR) is 219 cm³/mol. The van der Waals surface area contributed by atoms with Crippen molar-refractivity contribution < 1.29 is 10.0 Å². The van der Waals surface area contributed by atoms with Gasteiger partial charge in [-0.15, -0.1) is 0 Å². The summed E-state index contributed by atoms with van der Waals surface area (Å²) in [6.07, 6.45) is 0. The smallest absolute Gasteiger partial charge is 0.423 e. The second-order valence-corrected chi connectivity index (χ2v) is 13.8. The summed E-state index contributed by atoms with van der Waals surface area (Å²) >= 11 is 9.21. The molecular formula is C41H32BBr2IO2. The molecule has 0 spiro atoms. The second kappa shape index (κ2) is 16.0. The third-order valence-electron chi connectivity index (χ3n) is 7.77. The van der Waals surface area contributed by atoms with Crippen LogP contribution in [0.25, 0.3) is 54.2 Å². The Labute approximate surface area is 306 Å². The first kappa shape index (κ1) is 34.8. The van der Waals surface area contributed by atoms with Crippen LogP contribution < -0.4 is 5.46 Å². The minimum atomic E-state index is -1.44. The van der Waals surface area contributed by atoms with Gasteiger partial charge in [-0.25, -0.2) is 0 Å². The minimum Gasteiger partial charge on any atom is -0.423 e. The van der Waals surface area contributed by atoms with Gasteiger partial charge in [0, 0.05) is 12.5 Å². The van der Waals surface area contributed by atoms with Gasteiger partial charge in [0.2, 0.25) is 0 Å². The summed E-state index contributed by atoms with van der Waals surface area (Å²) in [5, 5.41) is 28.2. The molecule has 0 amide bonds. The Morgan fingerprint density at radius 3 is 1.45 bits per heavy atom. The van der Waals surface area contributed by atoms with Crippen molar-refractivity contribution in [3.63, 3.8) is 0 Å². The van der Waals surface area contributed by atoms with Gasteiger partial charge in [-0.1, -0.05) is 161 Å². The molecule has 2 N–H and O–H groups in total. The highest BCUT2D eigenvalue weighted by atomic mass is 127. The van der Waals surface area contributed by atoms with E-state index in [4.69, 9.17) is 0 Å². The van der Waals surface area contributed by atoms with E-state index in [1.807, 2.05) is 66.7 Å². The molecule has 0 fully saturated rings. The lowest BCUT2D eigenvalue weighted by Crippen LogP contribution is -2.30. The molecule has 0 bridgehead atoms. The molecule has 0 aliphatic rings. The van der Waals surface area contributed by atoms with Crippen LogP contribution in [0.5, 0.6) is 0 Å². The first-order chi connectivity index (χ1) is 22.4. The standard InChI is InChI=1S/C20H13Br.C14H11BO2.C6H4BrI.CH4/c21-16-8-5-7-14(12-16)20-13-15-6-1-2-9-17(15)18-10-3-4-11-19(18)20;16-15(17)14-9-10-5-1-2-6-11(10)12-7-3-4-8-13(12)14;7-5-2-1-3-6(8)4-5;/h1-13H;1-9,16-17H;1-4H;1H4. The van der Waals surface area contributed by atoms with Crippen molar-refractivity contribution in [2.24, 2.45) is 0 Å². The molecule has 47 heavy (non-hydrogen) atoms. The van der Waals surface area contributed by atoms with Gasteiger partial charge in [-0.3, -0.25) is 0 Å². The van der Waals surface area contributed by atoms with E-state index in [-0.39, 0.29) is 7.43 Å². The van der Waals surface area contributed by atoms with Gasteiger partial charge in [-0.2, -0.15) is 0 Å². The molecule has 0 saturated heterocycles. The zero-order chi connectivity index (χ0) is 32.0. The molecule has 232 valence electrons. The van der Waals surface area contributed by atoms with Crippen LogP contribution in [0, 0.1) is 3.57 Å². The van der Waals surface area contributed by atoms with E-state index in [1.54, 1.807) is 0 Å². The normalized spacial score (nSPS) is 10.5. The van der Waals surface area contributed by atoms with Gasteiger partial charge in [0.05, 0.1) is 0 Å². The third kappa shape index (κ3) is 8.14. The average Bonchev–Trinajstić information content (AvgIpc) is 3.08. The molecule has 0 saturated carbocycles. The maximum atomic E-state index is 9.44. The Balaban J connectivity index is 0.000000150. The van der Waals surface area contributed by atoms with Crippen LogP contribution in [0.4, 0.5) is 0 Å². The topological polar surface area (TPSA) is 40.5 Å². The summed E-state index contributed by atoms with van der Waals surface area (Å²) in [6.45, 7) is 0. The van der Waals surface area contributed by atoms with Crippen molar-refractivity contribution in [3.05, 3.63) is 170 Å². The van der Waals surface area contributed by atoms with E-state index < -0.39 is 7.12 Å². The van der Waals surface area contributed by atoms with E-state index in [1.165, 1.54) is 36.2 Å². The zero-order valence-corrected chi connectivity index (χ0v) is 29.9. The monoisotopic (exact) mass is 852 g/mol. The maximum Gasteiger partial charge on any atom is 0.489 e. The van der Waals surface area contributed by atoms with Gasteiger partial charge in [0.1, 0.15) is 0 Å². The Morgan fingerprint density at radius 1 is 0.447 bits per heavy atom. The van der Waals surface area contributed by atoms with Gasteiger partial charge in [-0.05, 0) is 119 Å². The molecule has 8 rings (SSSR count).